The molecule has 0 aliphatic heterocycles. The van der Waals surface area contributed by atoms with Crippen molar-refractivity contribution in [2.24, 2.45) is 10.8 Å². The maximum absolute atomic E-state index is 10.7. The number of carboxylic acid groups (broad SMARTS) is 1. The zero-order valence-corrected chi connectivity index (χ0v) is 14.0. The van der Waals surface area contributed by atoms with Crippen LogP contribution in [0.3, 0.4) is 0 Å². The van der Waals surface area contributed by atoms with Gasteiger partial charge in [-0.25, -0.2) is 0 Å². The zero-order valence-electron chi connectivity index (χ0n) is 14.0. The van der Waals surface area contributed by atoms with Crippen molar-refractivity contribution < 1.29 is 15.0 Å². The molecule has 0 bridgehead atoms. The number of aromatic hydroxyl groups is 1. The van der Waals surface area contributed by atoms with E-state index in [0.717, 1.165) is 11.1 Å². The number of aliphatic carboxylic acids is 1. The van der Waals surface area contributed by atoms with Gasteiger partial charge in [0, 0.05) is 6.42 Å². The summed E-state index contributed by atoms with van der Waals surface area (Å²) < 4.78 is 0. The summed E-state index contributed by atoms with van der Waals surface area (Å²) in [5.41, 5.74) is 1.88. The Morgan fingerprint density at radius 3 is 2.05 bits per heavy atom. The van der Waals surface area contributed by atoms with Crippen molar-refractivity contribution in [1.29, 1.82) is 0 Å². The lowest BCUT2D eigenvalue weighted by molar-refractivity contribution is -0.136. The van der Waals surface area contributed by atoms with E-state index in [9.17, 15) is 9.90 Å². The number of hydrogen-bond acceptors (Lipinski definition) is 2. The Labute approximate surface area is 128 Å². The molecule has 1 aromatic rings. The van der Waals surface area contributed by atoms with Gasteiger partial charge in [-0.05, 0) is 40.4 Å². The van der Waals surface area contributed by atoms with Crippen LogP contribution < -0.4 is 0 Å². The molecule has 0 radical (unpaired) electrons. The van der Waals surface area contributed by atoms with Gasteiger partial charge in [0.15, 0.2) is 0 Å². The van der Waals surface area contributed by atoms with Crippen LogP contribution in [0.1, 0.15) is 65.0 Å². The van der Waals surface area contributed by atoms with E-state index in [2.05, 4.69) is 41.5 Å². The Balaban J connectivity index is 3.25. The summed E-state index contributed by atoms with van der Waals surface area (Å²) in [4.78, 5) is 10.7. The molecule has 21 heavy (non-hydrogen) atoms. The molecule has 0 saturated carbocycles. The molecule has 0 unspecified atom stereocenters. The molecule has 0 saturated heterocycles. The fourth-order valence-electron chi connectivity index (χ4n) is 3.47. The number of phenolic OH excluding ortho intramolecular Hbond substituents is 1. The third-order valence-corrected chi connectivity index (χ3v) is 3.76. The van der Waals surface area contributed by atoms with Crippen LogP contribution in [0, 0.1) is 10.8 Å². The first kappa shape index (κ1) is 17.5. The van der Waals surface area contributed by atoms with Crippen molar-refractivity contribution in [3.8, 4) is 5.75 Å². The van der Waals surface area contributed by atoms with E-state index in [1.54, 1.807) is 6.07 Å². The smallest absolute Gasteiger partial charge is 0.303 e. The molecule has 0 aromatic heterocycles. The second-order valence-electron chi connectivity index (χ2n) is 7.95. The van der Waals surface area contributed by atoms with Crippen LogP contribution in [0.25, 0.3) is 0 Å². The summed E-state index contributed by atoms with van der Waals surface area (Å²) in [7, 11) is 0. The molecule has 0 aliphatic carbocycles. The first-order valence-electron chi connectivity index (χ1n) is 7.46. The Morgan fingerprint density at radius 2 is 1.62 bits per heavy atom. The van der Waals surface area contributed by atoms with E-state index >= 15 is 0 Å². The molecule has 1 aromatic carbocycles. The van der Waals surface area contributed by atoms with Gasteiger partial charge in [-0.1, -0.05) is 53.7 Å². The van der Waals surface area contributed by atoms with Crippen molar-refractivity contribution in [3.05, 3.63) is 29.3 Å². The molecule has 0 fully saturated rings. The number of carboxylic acids is 1. The highest BCUT2D eigenvalue weighted by Crippen LogP contribution is 2.49. The first-order valence-corrected chi connectivity index (χ1v) is 7.46. The quantitative estimate of drug-likeness (QED) is 0.853. The van der Waals surface area contributed by atoms with E-state index < -0.39 is 5.97 Å². The number of carbonyl (C=O) groups is 1. The molecule has 3 nitrogen and oxygen atoms in total. The van der Waals surface area contributed by atoms with Crippen LogP contribution in [0.2, 0.25) is 0 Å². The van der Waals surface area contributed by atoms with E-state index in [1.165, 1.54) is 0 Å². The summed E-state index contributed by atoms with van der Waals surface area (Å²) in [6.45, 7) is 13.0. The molecule has 0 aliphatic rings. The highest BCUT2D eigenvalue weighted by molar-refractivity contribution is 5.67. The maximum Gasteiger partial charge on any atom is 0.303 e. The maximum atomic E-state index is 10.7. The molecule has 118 valence electrons. The standard InChI is InChI=1S/C18H28O3/c1-17(2,3)16(18(4,5)6)13-11-12(7-9-14(13)19)8-10-15(20)21/h7,9,11,16,19H,8,10H2,1-6H3,(H,20,21). The molecular formula is C18H28O3. The van der Waals surface area contributed by atoms with Crippen LogP contribution in [-0.2, 0) is 11.2 Å². The van der Waals surface area contributed by atoms with Crippen molar-refractivity contribution in [3.63, 3.8) is 0 Å². The highest BCUT2D eigenvalue weighted by atomic mass is 16.4. The Morgan fingerprint density at radius 1 is 1.10 bits per heavy atom. The molecule has 0 spiro atoms. The molecule has 2 N–H and O–H groups in total. The van der Waals surface area contributed by atoms with Crippen molar-refractivity contribution in [2.75, 3.05) is 0 Å². The van der Waals surface area contributed by atoms with Gasteiger partial charge < -0.3 is 10.2 Å². The minimum absolute atomic E-state index is 0.00114. The average molecular weight is 292 g/mol. The summed E-state index contributed by atoms with van der Waals surface area (Å²) in [5, 5.41) is 19.1. The van der Waals surface area contributed by atoms with Gasteiger partial charge >= 0.3 is 5.97 Å². The molecule has 3 heteroatoms. The molecule has 0 atom stereocenters. The summed E-state index contributed by atoms with van der Waals surface area (Å²) in [5.74, 6) is -0.327. The topological polar surface area (TPSA) is 57.5 Å². The Hall–Kier alpha value is -1.51. The normalized spacial score (nSPS) is 12.7. The third kappa shape index (κ3) is 4.76. The van der Waals surface area contributed by atoms with Crippen LogP contribution in [0.5, 0.6) is 5.75 Å². The van der Waals surface area contributed by atoms with Crippen molar-refractivity contribution in [2.45, 2.75) is 60.3 Å². The monoisotopic (exact) mass is 292 g/mol. The van der Waals surface area contributed by atoms with Gasteiger partial charge in [-0.2, -0.15) is 0 Å². The predicted molar refractivity (Wildman–Crippen MR) is 85.7 cm³/mol. The van der Waals surface area contributed by atoms with Gasteiger partial charge in [-0.3, -0.25) is 4.79 Å². The number of benzene rings is 1. The zero-order chi connectivity index (χ0) is 16.4. The van der Waals surface area contributed by atoms with E-state index in [4.69, 9.17) is 5.11 Å². The Kier molecular flexibility index (Phi) is 5.08. The van der Waals surface area contributed by atoms with Gasteiger partial charge in [0.25, 0.3) is 0 Å². The molecular weight excluding hydrogens is 264 g/mol. The number of aryl methyl sites for hydroxylation is 1. The van der Waals surface area contributed by atoms with Crippen LogP contribution in [0.4, 0.5) is 0 Å². The Bertz CT molecular complexity index is 490. The van der Waals surface area contributed by atoms with Crippen molar-refractivity contribution >= 4 is 5.97 Å². The fraction of sp³-hybridized carbons (Fsp3) is 0.611. The van der Waals surface area contributed by atoms with Gasteiger partial charge in [0.05, 0.1) is 0 Å². The van der Waals surface area contributed by atoms with E-state index in [1.807, 2.05) is 12.1 Å². The number of rotatable bonds is 4. The fourth-order valence-corrected chi connectivity index (χ4v) is 3.47. The number of hydrogen-bond donors (Lipinski definition) is 2. The number of phenols is 1. The minimum atomic E-state index is -0.798. The largest absolute Gasteiger partial charge is 0.508 e. The lowest BCUT2D eigenvalue weighted by atomic mass is 9.63. The van der Waals surface area contributed by atoms with Crippen LogP contribution in [0.15, 0.2) is 18.2 Å². The first-order chi connectivity index (χ1) is 9.43. The molecule has 0 amide bonds. The van der Waals surface area contributed by atoms with E-state index in [-0.39, 0.29) is 23.2 Å². The van der Waals surface area contributed by atoms with Gasteiger partial charge in [0.1, 0.15) is 5.75 Å². The summed E-state index contributed by atoms with van der Waals surface area (Å²) >= 11 is 0. The second kappa shape index (κ2) is 6.08. The third-order valence-electron chi connectivity index (χ3n) is 3.76. The summed E-state index contributed by atoms with van der Waals surface area (Å²) in [6.07, 6.45) is 0.601. The highest BCUT2D eigenvalue weighted by Gasteiger charge is 2.37. The van der Waals surface area contributed by atoms with Crippen LogP contribution in [-0.4, -0.2) is 16.2 Å². The average Bonchev–Trinajstić information content (AvgIpc) is 2.26. The van der Waals surface area contributed by atoms with Gasteiger partial charge in [0.2, 0.25) is 0 Å². The molecule has 0 heterocycles. The summed E-state index contributed by atoms with van der Waals surface area (Å²) in [6, 6.07) is 5.47. The second-order valence-corrected chi connectivity index (χ2v) is 7.95. The lowest BCUT2D eigenvalue weighted by Gasteiger charge is -2.41. The minimum Gasteiger partial charge on any atom is -0.508 e. The SMILES string of the molecule is CC(C)(C)C(c1cc(CCC(=O)O)ccc1O)C(C)(C)C. The molecule has 1 rings (SSSR count). The van der Waals surface area contributed by atoms with Gasteiger partial charge in [-0.15, -0.1) is 0 Å². The predicted octanol–water partition coefficient (Wildman–Crippen LogP) is 4.59. The van der Waals surface area contributed by atoms with Crippen LogP contribution >= 0.6 is 0 Å². The van der Waals surface area contributed by atoms with Crippen molar-refractivity contribution in [1.82, 2.24) is 0 Å². The van der Waals surface area contributed by atoms with E-state index in [0.29, 0.717) is 12.2 Å². The lowest BCUT2D eigenvalue weighted by Crippen LogP contribution is -2.30.